The summed E-state index contributed by atoms with van der Waals surface area (Å²) in [6.45, 7) is 5.85. The molecule has 3 N–H and O–H groups in total. The summed E-state index contributed by atoms with van der Waals surface area (Å²) in [5.74, 6) is -0.202. The Morgan fingerprint density at radius 1 is 1.14 bits per heavy atom. The highest BCUT2D eigenvalue weighted by Crippen LogP contribution is 2.51. The Morgan fingerprint density at radius 3 is 2.40 bits per heavy atom. The molecule has 3 aliphatic rings. The number of benzene rings is 2. The number of carbonyl (C=O) groups excluding carboxylic acids is 2. The van der Waals surface area contributed by atoms with Crippen molar-refractivity contribution in [2.45, 2.75) is 69.3 Å². The van der Waals surface area contributed by atoms with Crippen molar-refractivity contribution in [2.24, 2.45) is 17.3 Å². The summed E-state index contributed by atoms with van der Waals surface area (Å²) in [7, 11) is -4.41. The van der Waals surface area contributed by atoms with Crippen LogP contribution in [0.15, 0.2) is 45.8 Å². The Bertz CT molecular complexity index is 1540. The van der Waals surface area contributed by atoms with Gasteiger partial charge in [-0.15, -0.1) is 0 Å². The van der Waals surface area contributed by atoms with Crippen LogP contribution in [-0.4, -0.2) is 55.4 Å². The highest BCUT2D eigenvalue weighted by molar-refractivity contribution is 9.10. The number of hydrogen-bond donors (Lipinski definition) is 3. The van der Waals surface area contributed by atoms with E-state index in [1.165, 1.54) is 12.1 Å². The highest BCUT2D eigenvalue weighted by atomic mass is 79.9. The monoisotopic (exact) mass is 676 g/mol. The maximum Gasteiger partial charge on any atom is 0.293 e. The third-order valence-corrected chi connectivity index (χ3v) is 11.7. The van der Waals surface area contributed by atoms with Gasteiger partial charge < -0.3 is 15.3 Å². The number of nitrogens with one attached hydrogen (secondary N) is 2. The van der Waals surface area contributed by atoms with Crippen molar-refractivity contribution in [3.63, 3.8) is 0 Å². The number of carbonyl (C=O) groups is 2. The van der Waals surface area contributed by atoms with Crippen LogP contribution in [0.5, 0.6) is 0 Å². The molecule has 1 heterocycles. The lowest BCUT2D eigenvalue weighted by atomic mass is 9.55. The summed E-state index contributed by atoms with van der Waals surface area (Å²) in [6.07, 6.45) is 5.35. The number of amides is 1. The molecule has 1 atom stereocenters. The number of rotatable bonds is 8. The fraction of sp³-hybridized carbons (Fsp3) is 0.533. The lowest BCUT2D eigenvalue weighted by Crippen LogP contribution is -2.53. The summed E-state index contributed by atoms with van der Waals surface area (Å²) in [4.78, 5) is 37.8. The molecular formula is C30H37BrN4O7S. The number of halogens is 1. The van der Waals surface area contributed by atoms with E-state index < -0.39 is 37.0 Å². The van der Waals surface area contributed by atoms with E-state index >= 15 is 0 Å². The van der Waals surface area contributed by atoms with Gasteiger partial charge in [0, 0.05) is 48.2 Å². The van der Waals surface area contributed by atoms with Gasteiger partial charge in [0.2, 0.25) is 0 Å². The molecule has 13 heteroatoms. The fourth-order valence-corrected chi connectivity index (χ4v) is 8.07. The van der Waals surface area contributed by atoms with Crippen LogP contribution < -0.4 is 14.9 Å². The Kier molecular flexibility index (Phi) is 8.62. The lowest BCUT2D eigenvalue weighted by Gasteiger charge is -2.51. The molecule has 43 heavy (non-hydrogen) atoms. The Balaban J connectivity index is 1.23. The number of nitrogens with zero attached hydrogens (tertiary/aromatic N) is 2. The van der Waals surface area contributed by atoms with E-state index in [1.807, 2.05) is 11.6 Å². The van der Waals surface area contributed by atoms with E-state index in [1.54, 1.807) is 25.1 Å². The van der Waals surface area contributed by atoms with Crippen molar-refractivity contribution in [3.05, 3.63) is 56.5 Å². The molecule has 2 saturated carbocycles. The smallest absolute Gasteiger partial charge is 0.293 e. The van der Waals surface area contributed by atoms with E-state index in [0.717, 1.165) is 50.5 Å². The second-order valence-corrected chi connectivity index (χ2v) is 15.1. The number of ketones is 1. The standard InChI is InChI=1S/C30H37BrN4O7S/c1-19-27(36)17-30(19)11-13-34(14-12-30)21-3-5-23(24(31)15-21)28(37)33-43(41,42)22-4-6-25(26(16-22)35(39)40)32-18-20-7-9-29(2,38)10-8-20/h3-6,15-16,19-20,32,38H,7-14,17-18H2,1-2H3,(H,33,37)/t19?,20-,29-. The zero-order valence-electron chi connectivity index (χ0n) is 24.3. The maximum atomic E-state index is 13.1. The summed E-state index contributed by atoms with van der Waals surface area (Å²) in [5, 5.41) is 25.0. The molecular weight excluding hydrogens is 640 g/mol. The van der Waals surface area contributed by atoms with Gasteiger partial charge >= 0.3 is 0 Å². The van der Waals surface area contributed by atoms with Crippen molar-refractivity contribution in [3.8, 4) is 0 Å². The molecule has 2 aromatic rings. The summed E-state index contributed by atoms with van der Waals surface area (Å²) in [6, 6.07) is 8.59. The van der Waals surface area contributed by atoms with Crippen molar-refractivity contribution in [2.75, 3.05) is 29.9 Å². The lowest BCUT2D eigenvalue weighted by molar-refractivity contribution is -0.384. The van der Waals surface area contributed by atoms with Gasteiger partial charge in [-0.2, -0.15) is 0 Å². The van der Waals surface area contributed by atoms with Crippen molar-refractivity contribution in [1.82, 2.24) is 4.72 Å². The van der Waals surface area contributed by atoms with Gasteiger partial charge in [-0.05, 0) is 103 Å². The molecule has 1 saturated heterocycles. The largest absolute Gasteiger partial charge is 0.390 e. The van der Waals surface area contributed by atoms with E-state index in [9.17, 15) is 33.2 Å². The third kappa shape index (κ3) is 6.58. The average molecular weight is 678 g/mol. The molecule has 11 nitrogen and oxygen atoms in total. The first-order valence-corrected chi connectivity index (χ1v) is 16.9. The summed E-state index contributed by atoms with van der Waals surface area (Å²) >= 11 is 3.40. The predicted molar refractivity (Wildman–Crippen MR) is 166 cm³/mol. The minimum atomic E-state index is -4.41. The van der Waals surface area contributed by atoms with Crippen LogP contribution in [0.25, 0.3) is 0 Å². The number of nitro benzene ring substituents is 1. The summed E-state index contributed by atoms with van der Waals surface area (Å²) < 4.78 is 28.6. The number of piperidine rings is 1. The molecule has 0 bridgehead atoms. The topological polar surface area (TPSA) is 159 Å². The molecule has 1 unspecified atom stereocenters. The number of aliphatic hydroxyl groups is 1. The van der Waals surface area contributed by atoms with Crippen LogP contribution in [0.3, 0.4) is 0 Å². The molecule has 1 aliphatic heterocycles. The second-order valence-electron chi connectivity index (χ2n) is 12.6. The average Bonchev–Trinajstić information content (AvgIpc) is 2.96. The number of anilines is 2. The molecule has 3 fully saturated rings. The molecule has 0 aromatic heterocycles. The second kappa shape index (κ2) is 11.8. The van der Waals surface area contributed by atoms with Crippen LogP contribution in [0, 0.1) is 27.4 Å². The maximum absolute atomic E-state index is 13.1. The van der Waals surface area contributed by atoms with E-state index in [2.05, 4.69) is 26.1 Å². The van der Waals surface area contributed by atoms with Crippen LogP contribution in [0.4, 0.5) is 17.1 Å². The first kappa shape index (κ1) is 31.4. The minimum Gasteiger partial charge on any atom is -0.390 e. The zero-order valence-corrected chi connectivity index (χ0v) is 26.7. The van der Waals surface area contributed by atoms with Crippen LogP contribution in [0.1, 0.15) is 69.2 Å². The van der Waals surface area contributed by atoms with Crippen molar-refractivity contribution < 1.29 is 28.0 Å². The molecule has 0 radical (unpaired) electrons. The summed E-state index contributed by atoms with van der Waals surface area (Å²) in [5.41, 5.74) is 0.187. The molecule has 1 amide bonds. The van der Waals surface area contributed by atoms with Crippen molar-refractivity contribution in [1.29, 1.82) is 0 Å². The van der Waals surface area contributed by atoms with Gasteiger partial charge in [0.15, 0.2) is 0 Å². The zero-order chi connectivity index (χ0) is 31.2. The van der Waals surface area contributed by atoms with E-state index in [-0.39, 0.29) is 28.5 Å². The first-order valence-electron chi connectivity index (χ1n) is 14.6. The van der Waals surface area contributed by atoms with Gasteiger partial charge in [0.25, 0.3) is 21.6 Å². The van der Waals surface area contributed by atoms with Gasteiger partial charge in [-0.3, -0.25) is 19.7 Å². The SMILES string of the molecule is CC1C(=O)CC12CCN(c1ccc(C(=O)NS(=O)(=O)c3ccc(NC[C@H]4CC[C@](C)(O)CC4)c([N+](=O)[O-])c3)c(Br)c1)CC2. The Hall–Kier alpha value is -3.03. The van der Waals surface area contributed by atoms with E-state index in [0.29, 0.717) is 36.1 Å². The van der Waals surface area contributed by atoms with Gasteiger partial charge in [0.05, 0.1) is 21.0 Å². The number of Topliss-reactive ketones (excluding diaryl/α,β-unsaturated/α-hetero) is 1. The van der Waals surface area contributed by atoms with Crippen LogP contribution in [-0.2, 0) is 14.8 Å². The van der Waals surface area contributed by atoms with Crippen molar-refractivity contribution >= 4 is 54.7 Å². The first-order chi connectivity index (χ1) is 20.2. The number of hydrogen-bond acceptors (Lipinski definition) is 9. The van der Waals surface area contributed by atoms with Gasteiger partial charge in [-0.25, -0.2) is 13.1 Å². The van der Waals surface area contributed by atoms with E-state index in [4.69, 9.17) is 0 Å². The Labute approximate surface area is 259 Å². The molecule has 5 rings (SSSR count). The quantitative estimate of drug-likeness (QED) is 0.258. The van der Waals surface area contributed by atoms with Crippen LogP contribution in [0.2, 0.25) is 0 Å². The highest BCUT2D eigenvalue weighted by Gasteiger charge is 2.51. The molecule has 2 aromatic carbocycles. The van der Waals surface area contributed by atoms with Gasteiger partial charge in [0.1, 0.15) is 11.5 Å². The fourth-order valence-electron chi connectivity index (χ4n) is 6.54. The third-order valence-electron chi connectivity index (χ3n) is 9.72. The normalized spacial score (nSPS) is 25.2. The van der Waals surface area contributed by atoms with Crippen LogP contribution >= 0.6 is 15.9 Å². The van der Waals surface area contributed by atoms with Gasteiger partial charge in [-0.1, -0.05) is 6.92 Å². The number of sulfonamides is 1. The molecule has 1 spiro atoms. The number of nitro groups is 1. The Morgan fingerprint density at radius 2 is 1.81 bits per heavy atom. The molecule has 2 aliphatic carbocycles. The minimum absolute atomic E-state index is 0.0981. The predicted octanol–water partition coefficient (Wildman–Crippen LogP) is 5.02. The molecule has 232 valence electrons.